The minimum atomic E-state index is -0.313. The number of nitriles is 1. The number of carbonyl (C=O) groups is 1. The van der Waals surface area contributed by atoms with E-state index < -0.39 is 0 Å². The van der Waals surface area contributed by atoms with Gasteiger partial charge < -0.3 is 10.1 Å². The van der Waals surface area contributed by atoms with Crippen molar-refractivity contribution in [3.63, 3.8) is 0 Å². The highest BCUT2D eigenvalue weighted by Crippen LogP contribution is 2.17. The Bertz CT molecular complexity index is 670. The largest absolute Gasteiger partial charge is 0.494 e. The summed E-state index contributed by atoms with van der Waals surface area (Å²) in [4.78, 5) is 12.2. The molecule has 0 bridgehead atoms. The van der Waals surface area contributed by atoms with Gasteiger partial charge in [-0.25, -0.2) is 0 Å². The summed E-state index contributed by atoms with van der Waals surface area (Å²) in [6.45, 7) is 2.41. The number of hydrogen-bond donors (Lipinski definition) is 1. The lowest BCUT2D eigenvalue weighted by Gasteiger charge is -2.08. The van der Waals surface area contributed by atoms with E-state index in [1.165, 1.54) is 10.9 Å². The maximum atomic E-state index is 12.2. The van der Waals surface area contributed by atoms with E-state index in [1.54, 1.807) is 31.3 Å². The van der Waals surface area contributed by atoms with Crippen LogP contribution in [-0.4, -0.2) is 22.3 Å². The van der Waals surface area contributed by atoms with Crippen molar-refractivity contribution in [3.05, 3.63) is 41.6 Å². The number of hydrogen-bond acceptors (Lipinski definition) is 4. The Balaban J connectivity index is 2.22. The lowest BCUT2D eigenvalue weighted by Crippen LogP contribution is -2.15. The summed E-state index contributed by atoms with van der Waals surface area (Å²) < 4.78 is 6.80. The first-order valence-corrected chi connectivity index (χ1v) is 6.12. The van der Waals surface area contributed by atoms with Crippen LogP contribution >= 0.6 is 0 Å². The fourth-order valence-corrected chi connectivity index (χ4v) is 1.74. The Hall–Kier alpha value is -2.81. The molecule has 0 unspecified atom stereocenters. The summed E-state index contributed by atoms with van der Waals surface area (Å²) in [5.74, 6) is 0.691. The number of anilines is 1. The third kappa shape index (κ3) is 2.78. The molecule has 0 saturated heterocycles. The third-order valence-corrected chi connectivity index (χ3v) is 2.70. The number of ether oxygens (including phenoxy) is 1. The van der Waals surface area contributed by atoms with Gasteiger partial charge in [0.2, 0.25) is 0 Å². The number of carbonyl (C=O) groups excluding carboxylic acids is 1. The zero-order valence-corrected chi connectivity index (χ0v) is 11.3. The van der Waals surface area contributed by atoms with E-state index in [0.29, 0.717) is 29.3 Å². The molecule has 0 saturated carbocycles. The molecule has 0 aliphatic rings. The molecular formula is C14H14N4O2. The molecule has 0 atom stereocenters. The topological polar surface area (TPSA) is 79.9 Å². The van der Waals surface area contributed by atoms with Crippen molar-refractivity contribution >= 4 is 11.7 Å². The van der Waals surface area contributed by atoms with Crippen LogP contribution in [0.3, 0.4) is 0 Å². The van der Waals surface area contributed by atoms with Gasteiger partial charge in [-0.3, -0.25) is 9.48 Å². The van der Waals surface area contributed by atoms with Crippen LogP contribution in [0.25, 0.3) is 0 Å². The van der Waals surface area contributed by atoms with Crippen LogP contribution < -0.4 is 10.1 Å². The number of nitrogens with one attached hydrogen (secondary N) is 1. The zero-order valence-electron chi connectivity index (χ0n) is 11.3. The van der Waals surface area contributed by atoms with Gasteiger partial charge in [-0.2, -0.15) is 10.4 Å². The molecule has 0 spiro atoms. The van der Waals surface area contributed by atoms with Gasteiger partial charge in [-0.15, -0.1) is 0 Å². The average Bonchev–Trinajstić information content (AvgIpc) is 2.80. The quantitative estimate of drug-likeness (QED) is 0.920. The van der Waals surface area contributed by atoms with Gasteiger partial charge in [-0.05, 0) is 25.1 Å². The van der Waals surface area contributed by atoms with Crippen LogP contribution in [0.15, 0.2) is 30.5 Å². The van der Waals surface area contributed by atoms with Gasteiger partial charge in [0.15, 0.2) is 0 Å². The van der Waals surface area contributed by atoms with Crippen LogP contribution in [0, 0.1) is 11.3 Å². The monoisotopic (exact) mass is 270 g/mol. The van der Waals surface area contributed by atoms with Crippen molar-refractivity contribution in [1.29, 1.82) is 5.26 Å². The Morgan fingerprint density at radius 1 is 1.55 bits per heavy atom. The Morgan fingerprint density at radius 2 is 2.35 bits per heavy atom. The lowest BCUT2D eigenvalue weighted by atomic mass is 10.2. The van der Waals surface area contributed by atoms with Crippen LogP contribution in [0.5, 0.6) is 5.75 Å². The molecule has 1 heterocycles. The molecule has 0 aliphatic carbocycles. The second-order valence-electron chi connectivity index (χ2n) is 4.06. The first-order chi connectivity index (χ1) is 9.65. The van der Waals surface area contributed by atoms with Crippen LogP contribution in [-0.2, 0) is 7.05 Å². The molecule has 0 fully saturated rings. The van der Waals surface area contributed by atoms with Crippen LogP contribution in [0.1, 0.15) is 22.8 Å². The Labute approximate surface area is 116 Å². The van der Waals surface area contributed by atoms with E-state index >= 15 is 0 Å². The van der Waals surface area contributed by atoms with E-state index in [4.69, 9.17) is 10.00 Å². The van der Waals surface area contributed by atoms with Crippen molar-refractivity contribution in [2.75, 3.05) is 11.9 Å². The molecule has 6 heteroatoms. The maximum absolute atomic E-state index is 12.2. The summed E-state index contributed by atoms with van der Waals surface area (Å²) in [7, 11) is 1.66. The molecule has 0 radical (unpaired) electrons. The van der Waals surface area contributed by atoms with Crippen LogP contribution in [0.4, 0.5) is 5.82 Å². The second-order valence-corrected chi connectivity index (χ2v) is 4.06. The number of nitrogens with zero attached hydrogens (tertiary/aromatic N) is 3. The van der Waals surface area contributed by atoms with Crippen LogP contribution in [0.2, 0.25) is 0 Å². The van der Waals surface area contributed by atoms with Gasteiger partial charge in [0.1, 0.15) is 23.2 Å². The summed E-state index contributed by atoms with van der Waals surface area (Å²) in [5, 5.41) is 15.6. The number of aromatic nitrogens is 2. The molecule has 2 aromatic rings. The van der Waals surface area contributed by atoms with E-state index in [0.717, 1.165) is 0 Å². The SMILES string of the molecule is CCOc1cccc(C(=O)Nc2c(C#N)cnn2C)c1. The summed E-state index contributed by atoms with van der Waals surface area (Å²) in [6, 6.07) is 8.84. The number of amides is 1. The lowest BCUT2D eigenvalue weighted by molar-refractivity contribution is 0.102. The van der Waals surface area contributed by atoms with Crippen molar-refractivity contribution in [2.45, 2.75) is 6.92 Å². The standard InChI is InChI=1S/C14H14N4O2/c1-3-20-12-6-4-5-10(7-12)14(19)17-13-11(8-15)9-16-18(13)2/h4-7,9H,3H2,1-2H3,(H,17,19). The number of benzene rings is 1. The van der Waals surface area contributed by atoms with Crippen molar-refractivity contribution in [3.8, 4) is 11.8 Å². The minimum absolute atomic E-state index is 0.313. The second kappa shape index (κ2) is 5.89. The molecule has 2 rings (SSSR count). The fourth-order valence-electron chi connectivity index (χ4n) is 1.74. The first kappa shape index (κ1) is 13.6. The molecular weight excluding hydrogens is 256 g/mol. The summed E-state index contributed by atoms with van der Waals surface area (Å²) in [6.07, 6.45) is 1.41. The highest BCUT2D eigenvalue weighted by Gasteiger charge is 2.13. The predicted octanol–water partition coefficient (Wildman–Crippen LogP) is 1.94. The molecule has 20 heavy (non-hydrogen) atoms. The highest BCUT2D eigenvalue weighted by molar-refractivity contribution is 6.04. The highest BCUT2D eigenvalue weighted by atomic mass is 16.5. The Kier molecular flexibility index (Phi) is 4.01. The molecule has 0 aliphatic heterocycles. The average molecular weight is 270 g/mol. The van der Waals surface area contributed by atoms with Gasteiger partial charge in [0, 0.05) is 12.6 Å². The van der Waals surface area contributed by atoms with Gasteiger partial charge in [0.05, 0.1) is 12.8 Å². The van der Waals surface area contributed by atoms with Crippen molar-refractivity contribution in [2.24, 2.45) is 7.05 Å². The molecule has 1 N–H and O–H groups in total. The van der Waals surface area contributed by atoms with E-state index in [9.17, 15) is 4.79 Å². The van der Waals surface area contributed by atoms with E-state index in [2.05, 4.69) is 10.4 Å². The number of aryl methyl sites for hydroxylation is 1. The maximum Gasteiger partial charge on any atom is 0.256 e. The molecule has 6 nitrogen and oxygen atoms in total. The summed E-state index contributed by atoms with van der Waals surface area (Å²) in [5.41, 5.74) is 0.780. The fraction of sp³-hybridized carbons (Fsp3) is 0.214. The molecule has 1 aromatic carbocycles. The number of rotatable bonds is 4. The smallest absolute Gasteiger partial charge is 0.256 e. The van der Waals surface area contributed by atoms with Gasteiger partial charge >= 0.3 is 0 Å². The van der Waals surface area contributed by atoms with Gasteiger partial charge in [-0.1, -0.05) is 6.07 Å². The minimum Gasteiger partial charge on any atom is -0.494 e. The summed E-state index contributed by atoms with van der Waals surface area (Å²) >= 11 is 0. The first-order valence-electron chi connectivity index (χ1n) is 6.12. The molecule has 1 aromatic heterocycles. The predicted molar refractivity (Wildman–Crippen MR) is 73.5 cm³/mol. The Morgan fingerprint density at radius 3 is 3.05 bits per heavy atom. The van der Waals surface area contributed by atoms with Crippen molar-refractivity contribution < 1.29 is 9.53 Å². The zero-order chi connectivity index (χ0) is 14.5. The third-order valence-electron chi connectivity index (χ3n) is 2.70. The van der Waals surface area contributed by atoms with E-state index in [1.807, 2.05) is 13.0 Å². The van der Waals surface area contributed by atoms with Crippen molar-refractivity contribution in [1.82, 2.24) is 9.78 Å². The van der Waals surface area contributed by atoms with Gasteiger partial charge in [0.25, 0.3) is 5.91 Å². The normalized spacial score (nSPS) is 9.85. The molecule has 102 valence electrons. The van der Waals surface area contributed by atoms with E-state index in [-0.39, 0.29) is 5.91 Å². The molecule has 1 amide bonds.